The Hall–Kier alpha value is -0.650. The molecule has 0 saturated carbocycles. The molecule has 0 amide bonds. The van der Waals surface area contributed by atoms with Crippen LogP contribution in [0.5, 0.6) is 0 Å². The van der Waals surface area contributed by atoms with Crippen LogP contribution in [-0.2, 0) is 0 Å². The molecule has 1 heterocycles. The summed E-state index contributed by atoms with van der Waals surface area (Å²) in [5.74, 6) is 0.508. The van der Waals surface area contributed by atoms with Crippen LogP contribution in [0.4, 0.5) is 0 Å². The minimum atomic E-state index is 0.109. The zero-order valence-corrected chi connectivity index (χ0v) is 13.3. The van der Waals surface area contributed by atoms with Gasteiger partial charge in [0.05, 0.1) is 10.8 Å². The van der Waals surface area contributed by atoms with Gasteiger partial charge in [0.15, 0.2) is 5.78 Å². The topological polar surface area (TPSA) is 30.0 Å². The Balaban J connectivity index is 1.96. The Morgan fingerprint density at radius 1 is 1.06 bits per heavy atom. The summed E-state index contributed by atoms with van der Waals surface area (Å²) in [6.07, 6.45) is 1.73. The van der Waals surface area contributed by atoms with Crippen molar-refractivity contribution in [3.05, 3.63) is 57.1 Å². The number of nitrogens with zero attached hydrogens (tertiary/aromatic N) is 1. The molecule has 0 aliphatic rings. The molecule has 2 nitrogen and oxygen atoms in total. The second-order valence-corrected chi connectivity index (χ2v) is 6.36. The number of Topliss-reactive ketones (excluding diaryl/α,β-unsaturated/α-hetero) is 1. The molecule has 0 N–H and O–H groups in total. The van der Waals surface area contributed by atoms with Gasteiger partial charge in [0.2, 0.25) is 0 Å². The lowest BCUT2D eigenvalue weighted by Crippen LogP contribution is -2.02. The van der Waals surface area contributed by atoms with Gasteiger partial charge in [-0.25, -0.2) is 4.98 Å². The van der Waals surface area contributed by atoms with Crippen LogP contribution in [-0.4, -0.2) is 16.5 Å². The second-order valence-electron chi connectivity index (χ2n) is 3.53. The monoisotopic (exact) mass is 385 g/mol. The van der Waals surface area contributed by atoms with E-state index in [-0.39, 0.29) is 5.78 Å². The number of benzene rings is 1. The van der Waals surface area contributed by atoms with Crippen molar-refractivity contribution in [3.8, 4) is 0 Å². The van der Waals surface area contributed by atoms with Gasteiger partial charge >= 0.3 is 0 Å². The molecule has 2 rings (SSSR count). The van der Waals surface area contributed by atoms with Crippen LogP contribution in [0.2, 0.25) is 0 Å². The molecule has 0 unspecified atom stereocenters. The van der Waals surface area contributed by atoms with Crippen LogP contribution in [0.3, 0.4) is 0 Å². The van der Waals surface area contributed by atoms with Crippen molar-refractivity contribution < 1.29 is 4.79 Å². The van der Waals surface area contributed by atoms with Crippen molar-refractivity contribution in [2.75, 3.05) is 5.75 Å². The van der Waals surface area contributed by atoms with Gasteiger partial charge < -0.3 is 0 Å². The zero-order valence-electron chi connectivity index (χ0n) is 9.27. The number of carbonyl (C=O) groups excluding carboxylic acids is 1. The summed E-state index contributed by atoms with van der Waals surface area (Å²) in [5.41, 5.74) is 0.725. The molecular weight excluding hydrogens is 378 g/mol. The van der Waals surface area contributed by atoms with Crippen molar-refractivity contribution in [2.45, 2.75) is 5.03 Å². The maximum absolute atomic E-state index is 11.9. The van der Waals surface area contributed by atoms with Gasteiger partial charge in [-0.1, -0.05) is 39.8 Å². The molecule has 0 bridgehead atoms. The molecule has 18 heavy (non-hydrogen) atoms. The normalized spacial score (nSPS) is 10.3. The van der Waals surface area contributed by atoms with Crippen molar-refractivity contribution in [3.63, 3.8) is 0 Å². The van der Waals surface area contributed by atoms with E-state index in [0.717, 1.165) is 19.5 Å². The number of carbonyl (C=O) groups is 1. The Kier molecular flexibility index (Phi) is 4.97. The van der Waals surface area contributed by atoms with Crippen LogP contribution in [0.1, 0.15) is 10.4 Å². The number of thioether (sulfide) groups is 1. The Morgan fingerprint density at radius 3 is 2.33 bits per heavy atom. The minimum Gasteiger partial charge on any atom is -0.293 e. The smallest absolute Gasteiger partial charge is 0.173 e. The summed E-state index contributed by atoms with van der Waals surface area (Å²) in [6, 6.07) is 11.2. The van der Waals surface area contributed by atoms with E-state index in [1.165, 1.54) is 11.8 Å². The van der Waals surface area contributed by atoms with E-state index in [9.17, 15) is 4.79 Å². The highest BCUT2D eigenvalue weighted by atomic mass is 79.9. The van der Waals surface area contributed by atoms with Gasteiger partial charge in [0.25, 0.3) is 0 Å². The average Bonchev–Trinajstić information content (AvgIpc) is 2.38. The van der Waals surface area contributed by atoms with Gasteiger partial charge in [-0.15, -0.1) is 0 Å². The van der Waals surface area contributed by atoms with Gasteiger partial charge in [-0.3, -0.25) is 4.79 Å². The predicted octanol–water partition coefficient (Wildman–Crippen LogP) is 4.58. The first kappa shape index (κ1) is 13.8. The number of halogens is 2. The lowest BCUT2D eigenvalue weighted by Gasteiger charge is -2.01. The van der Waals surface area contributed by atoms with Gasteiger partial charge in [0.1, 0.15) is 0 Å². The highest BCUT2D eigenvalue weighted by Crippen LogP contribution is 2.19. The van der Waals surface area contributed by atoms with Crippen LogP contribution in [0, 0.1) is 0 Å². The van der Waals surface area contributed by atoms with Crippen LogP contribution < -0.4 is 0 Å². The summed E-state index contributed by atoms with van der Waals surface area (Å²) in [6.45, 7) is 0. The third-order valence-electron chi connectivity index (χ3n) is 2.22. The number of hydrogen-bond acceptors (Lipinski definition) is 3. The Bertz CT molecular complexity index is 540. The second kappa shape index (κ2) is 6.50. The molecule has 0 spiro atoms. The molecule has 2 aromatic rings. The Labute approximate surface area is 126 Å². The molecule has 0 radical (unpaired) electrons. The van der Waals surface area contributed by atoms with Gasteiger partial charge in [-0.05, 0) is 40.2 Å². The molecule has 0 aliphatic carbocycles. The van der Waals surface area contributed by atoms with Crippen molar-refractivity contribution in [1.82, 2.24) is 4.98 Å². The third-order valence-corrected chi connectivity index (χ3v) is 4.16. The quantitative estimate of drug-likeness (QED) is 0.568. The highest BCUT2D eigenvalue weighted by molar-refractivity contribution is 9.10. The van der Waals surface area contributed by atoms with Gasteiger partial charge in [0, 0.05) is 20.7 Å². The lowest BCUT2D eigenvalue weighted by molar-refractivity contribution is 0.102. The third kappa shape index (κ3) is 3.93. The first-order chi connectivity index (χ1) is 8.65. The number of hydrogen-bond donors (Lipinski definition) is 0. The molecular formula is C13H9Br2NOS. The maximum Gasteiger partial charge on any atom is 0.173 e. The summed E-state index contributed by atoms with van der Waals surface area (Å²) in [5, 5.41) is 0.851. The molecule has 0 fully saturated rings. The highest BCUT2D eigenvalue weighted by Gasteiger charge is 2.06. The minimum absolute atomic E-state index is 0.109. The summed E-state index contributed by atoms with van der Waals surface area (Å²) >= 11 is 8.11. The molecule has 1 aromatic carbocycles. The van der Waals surface area contributed by atoms with Crippen LogP contribution in [0.15, 0.2) is 56.6 Å². The van der Waals surface area contributed by atoms with E-state index < -0.39 is 0 Å². The fourth-order valence-corrected chi connectivity index (χ4v) is 2.54. The first-order valence-corrected chi connectivity index (χ1v) is 7.75. The van der Waals surface area contributed by atoms with E-state index in [1.54, 1.807) is 6.20 Å². The summed E-state index contributed by atoms with van der Waals surface area (Å²) in [4.78, 5) is 16.1. The fraction of sp³-hybridized carbons (Fsp3) is 0.0769. The molecule has 1 aromatic heterocycles. The van der Waals surface area contributed by atoms with E-state index >= 15 is 0 Å². The average molecular weight is 387 g/mol. The van der Waals surface area contributed by atoms with E-state index in [2.05, 4.69) is 36.8 Å². The molecule has 0 atom stereocenters. The number of rotatable bonds is 4. The lowest BCUT2D eigenvalue weighted by atomic mass is 10.2. The Morgan fingerprint density at radius 2 is 1.72 bits per heavy atom. The van der Waals surface area contributed by atoms with Crippen molar-refractivity contribution >= 4 is 49.4 Å². The van der Waals surface area contributed by atoms with Crippen LogP contribution in [0.25, 0.3) is 0 Å². The predicted molar refractivity (Wildman–Crippen MR) is 81.1 cm³/mol. The van der Waals surface area contributed by atoms with E-state index in [1.807, 2.05) is 36.4 Å². The standard InChI is InChI=1S/C13H9Br2NOS/c14-10-3-1-9(2-4-10)12(17)8-18-13-6-5-11(15)7-16-13/h1-7H,8H2. The largest absolute Gasteiger partial charge is 0.293 e. The molecule has 92 valence electrons. The zero-order chi connectivity index (χ0) is 13.0. The summed E-state index contributed by atoms with van der Waals surface area (Å²) in [7, 11) is 0. The number of aromatic nitrogens is 1. The SMILES string of the molecule is O=C(CSc1ccc(Br)cn1)c1ccc(Br)cc1. The first-order valence-electron chi connectivity index (χ1n) is 5.18. The fourth-order valence-electron chi connectivity index (χ4n) is 1.31. The number of ketones is 1. The van der Waals surface area contributed by atoms with E-state index in [4.69, 9.17) is 0 Å². The van der Waals surface area contributed by atoms with Crippen molar-refractivity contribution in [1.29, 1.82) is 0 Å². The molecule has 0 saturated heterocycles. The molecule has 5 heteroatoms. The number of pyridine rings is 1. The summed E-state index contributed by atoms with van der Waals surface area (Å²) < 4.78 is 1.91. The molecule has 0 aliphatic heterocycles. The van der Waals surface area contributed by atoms with Gasteiger partial charge in [-0.2, -0.15) is 0 Å². The van der Waals surface area contributed by atoms with Crippen LogP contribution >= 0.6 is 43.6 Å². The maximum atomic E-state index is 11.9. The van der Waals surface area contributed by atoms with E-state index in [0.29, 0.717) is 5.75 Å². The van der Waals surface area contributed by atoms with Crippen molar-refractivity contribution in [2.24, 2.45) is 0 Å².